The summed E-state index contributed by atoms with van der Waals surface area (Å²) in [4.78, 5) is 4.32. The second-order valence-corrected chi connectivity index (χ2v) is 3.14. The first kappa shape index (κ1) is 8.64. The Morgan fingerprint density at radius 3 is 3.18 bits per heavy atom. The van der Waals surface area contributed by atoms with E-state index in [1.165, 1.54) is 0 Å². The van der Waals surface area contributed by atoms with E-state index in [0.717, 1.165) is 17.2 Å². The number of methoxy groups -OCH3 is 1. The van der Waals surface area contributed by atoms with Gasteiger partial charge in [0.1, 0.15) is 5.01 Å². The first-order valence-corrected chi connectivity index (χ1v) is 4.31. The van der Waals surface area contributed by atoms with Crippen molar-refractivity contribution in [1.82, 2.24) is 10.3 Å². The van der Waals surface area contributed by atoms with Gasteiger partial charge < -0.3 is 10.1 Å². The maximum atomic E-state index is 4.94. The summed E-state index contributed by atoms with van der Waals surface area (Å²) in [7, 11) is 3.59. The molecule has 0 saturated heterocycles. The molecule has 0 spiro atoms. The molecule has 0 bridgehead atoms. The molecule has 11 heavy (non-hydrogen) atoms. The van der Waals surface area contributed by atoms with Gasteiger partial charge in [0.15, 0.2) is 0 Å². The van der Waals surface area contributed by atoms with Crippen LogP contribution >= 0.6 is 11.3 Å². The maximum Gasteiger partial charge on any atom is 0.107 e. The van der Waals surface area contributed by atoms with Gasteiger partial charge in [0.25, 0.3) is 0 Å². The molecule has 0 unspecified atom stereocenters. The predicted octanol–water partition coefficient (Wildman–Crippen LogP) is 1.01. The van der Waals surface area contributed by atoms with Gasteiger partial charge in [-0.15, -0.1) is 11.3 Å². The number of nitrogens with one attached hydrogen (secondary N) is 1. The van der Waals surface area contributed by atoms with Gasteiger partial charge in [-0.1, -0.05) is 0 Å². The Labute approximate surface area is 70.4 Å². The predicted molar refractivity (Wildman–Crippen MR) is 45.6 cm³/mol. The third kappa shape index (κ3) is 2.57. The summed E-state index contributed by atoms with van der Waals surface area (Å²) in [5.41, 5.74) is 1.02. The quantitative estimate of drug-likeness (QED) is 0.736. The van der Waals surface area contributed by atoms with E-state index in [1.807, 2.05) is 12.4 Å². The van der Waals surface area contributed by atoms with E-state index >= 15 is 0 Å². The van der Waals surface area contributed by atoms with Crippen molar-refractivity contribution in [2.24, 2.45) is 0 Å². The Morgan fingerprint density at radius 1 is 1.73 bits per heavy atom. The normalized spacial score (nSPS) is 10.4. The molecule has 0 fully saturated rings. The first-order chi connectivity index (χ1) is 5.36. The third-order valence-corrected chi connectivity index (χ3v) is 2.12. The number of hydrogen-bond donors (Lipinski definition) is 1. The molecule has 0 saturated carbocycles. The zero-order chi connectivity index (χ0) is 8.10. The van der Waals surface area contributed by atoms with Gasteiger partial charge in [0.2, 0.25) is 0 Å². The summed E-state index contributed by atoms with van der Waals surface area (Å²) in [5.74, 6) is 0. The molecule has 0 aliphatic heterocycles. The smallest absolute Gasteiger partial charge is 0.107 e. The zero-order valence-electron chi connectivity index (χ0n) is 6.76. The van der Waals surface area contributed by atoms with Crippen LogP contribution in [0.3, 0.4) is 0 Å². The summed E-state index contributed by atoms with van der Waals surface area (Å²) < 4.78 is 4.94. The summed E-state index contributed by atoms with van der Waals surface area (Å²) in [6.45, 7) is 1.45. The highest BCUT2D eigenvalue weighted by Crippen LogP contribution is 2.09. The Balaban J connectivity index is 2.51. The van der Waals surface area contributed by atoms with E-state index in [1.54, 1.807) is 18.4 Å². The van der Waals surface area contributed by atoms with Gasteiger partial charge in [0, 0.05) is 19.0 Å². The number of thiazole rings is 1. The lowest BCUT2D eigenvalue weighted by molar-refractivity contribution is 0.182. The van der Waals surface area contributed by atoms with Crippen LogP contribution in [0.5, 0.6) is 0 Å². The summed E-state index contributed by atoms with van der Waals surface area (Å²) in [5, 5.41) is 6.18. The van der Waals surface area contributed by atoms with Crippen molar-refractivity contribution in [2.75, 3.05) is 14.2 Å². The molecule has 1 aromatic heterocycles. The van der Waals surface area contributed by atoms with Gasteiger partial charge in [0.05, 0.1) is 12.3 Å². The first-order valence-electron chi connectivity index (χ1n) is 3.43. The molecule has 3 nitrogen and oxygen atoms in total. The maximum absolute atomic E-state index is 4.94. The molecule has 0 aliphatic rings. The fraction of sp³-hybridized carbons (Fsp3) is 0.571. The van der Waals surface area contributed by atoms with E-state index in [9.17, 15) is 0 Å². The average Bonchev–Trinajstić information content (AvgIpc) is 2.38. The largest absolute Gasteiger partial charge is 0.378 e. The lowest BCUT2D eigenvalue weighted by atomic mass is 10.5. The molecule has 1 aromatic rings. The Kier molecular flexibility index (Phi) is 3.48. The lowest BCUT2D eigenvalue weighted by Gasteiger charge is -1.92. The molecule has 62 valence electrons. The highest BCUT2D eigenvalue weighted by Gasteiger charge is 1.98. The Hall–Kier alpha value is -0.450. The zero-order valence-corrected chi connectivity index (χ0v) is 7.57. The van der Waals surface area contributed by atoms with Gasteiger partial charge in [-0.05, 0) is 7.05 Å². The number of hydrogen-bond acceptors (Lipinski definition) is 4. The number of rotatable bonds is 4. The van der Waals surface area contributed by atoms with Gasteiger partial charge in [-0.2, -0.15) is 0 Å². The molecule has 0 radical (unpaired) electrons. The standard InChI is InChI=1S/C7H12N2OS/c1-8-3-7-9-6(4-10-2)5-11-7/h5,8H,3-4H2,1-2H3. The van der Waals surface area contributed by atoms with Crippen LogP contribution in [-0.4, -0.2) is 19.1 Å². The third-order valence-electron chi connectivity index (χ3n) is 1.22. The molecule has 0 aromatic carbocycles. The topological polar surface area (TPSA) is 34.2 Å². The van der Waals surface area contributed by atoms with Gasteiger partial charge >= 0.3 is 0 Å². The van der Waals surface area contributed by atoms with Crippen LogP contribution in [0.25, 0.3) is 0 Å². The monoisotopic (exact) mass is 172 g/mol. The van der Waals surface area contributed by atoms with E-state index in [-0.39, 0.29) is 0 Å². The minimum absolute atomic E-state index is 0.611. The summed E-state index contributed by atoms with van der Waals surface area (Å²) in [6.07, 6.45) is 0. The highest BCUT2D eigenvalue weighted by atomic mass is 32.1. The minimum atomic E-state index is 0.611. The van der Waals surface area contributed by atoms with Crippen molar-refractivity contribution >= 4 is 11.3 Å². The van der Waals surface area contributed by atoms with Crippen LogP contribution in [0, 0.1) is 0 Å². The van der Waals surface area contributed by atoms with Crippen LogP contribution in [0.2, 0.25) is 0 Å². The van der Waals surface area contributed by atoms with Crippen molar-refractivity contribution in [3.63, 3.8) is 0 Å². The van der Waals surface area contributed by atoms with E-state index in [0.29, 0.717) is 6.61 Å². The molecule has 0 aliphatic carbocycles. The van der Waals surface area contributed by atoms with Crippen molar-refractivity contribution < 1.29 is 4.74 Å². The Bertz CT molecular complexity index is 191. The summed E-state index contributed by atoms with van der Waals surface area (Å²) >= 11 is 1.66. The molecular formula is C7H12N2OS. The molecule has 1 N–H and O–H groups in total. The lowest BCUT2D eigenvalue weighted by Crippen LogP contribution is -2.04. The SMILES string of the molecule is CNCc1nc(COC)cs1. The molecule has 1 rings (SSSR count). The van der Waals surface area contributed by atoms with E-state index in [2.05, 4.69) is 10.3 Å². The highest BCUT2D eigenvalue weighted by molar-refractivity contribution is 7.09. The van der Waals surface area contributed by atoms with Crippen LogP contribution in [0.4, 0.5) is 0 Å². The minimum Gasteiger partial charge on any atom is -0.378 e. The van der Waals surface area contributed by atoms with Crippen molar-refractivity contribution in [2.45, 2.75) is 13.2 Å². The fourth-order valence-corrected chi connectivity index (χ4v) is 1.59. The molecule has 0 atom stereocenters. The van der Waals surface area contributed by atoms with Crippen molar-refractivity contribution in [3.8, 4) is 0 Å². The average molecular weight is 172 g/mol. The van der Waals surface area contributed by atoms with Crippen molar-refractivity contribution in [1.29, 1.82) is 0 Å². The van der Waals surface area contributed by atoms with Crippen LogP contribution in [0.15, 0.2) is 5.38 Å². The van der Waals surface area contributed by atoms with Gasteiger partial charge in [-0.25, -0.2) is 4.98 Å². The molecule has 0 amide bonds. The summed E-state index contributed by atoms with van der Waals surface area (Å²) in [6, 6.07) is 0. The fourth-order valence-electron chi connectivity index (χ4n) is 0.796. The number of aromatic nitrogens is 1. The second kappa shape index (κ2) is 4.43. The number of ether oxygens (including phenoxy) is 1. The Morgan fingerprint density at radius 2 is 2.55 bits per heavy atom. The van der Waals surface area contributed by atoms with Gasteiger partial charge in [-0.3, -0.25) is 0 Å². The van der Waals surface area contributed by atoms with Crippen molar-refractivity contribution in [3.05, 3.63) is 16.1 Å². The van der Waals surface area contributed by atoms with E-state index < -0.39 is 0 Å². The van der Waals surface area contributed by atoms with Crippen LogP contribution in [-0.2, 0) is 17.9 Å². The number of nitrogens with zero attached hydrogens (tertiary/aromatic N) is 1. The molecule has 1 heterocycles. The van der Waals surface area contributed by atoms with Crippen LogP contribution in [0.1, 0.15) is 10.7 Å². The molecular weight excluding hydrogens is 160 g/mol. The van der Waals surface area contributed by atoms with Crippen LogP contribution < -0.4 is 5.32 Å². The molecule has 4 heteroatoms. The van der Waals surface area contributed by atoms with E-state index in [4.69, 9.17) is 4.74 Å². The second-order valence-electron chi connectivity index (χ2n) is 2.20.